The number of nitrogens with zero attached hydrogens (tertiary/aromatic N) is 2. The summed E-state index contributed by atoms with van der Waals surface area (Å²) in [4.78, 5) is 13.6. The summed E-state index contributed by atoms with van der Waals surface area (Å²) in [6, 6.07) is 7.45. The highest BCUT2D eigenvalue weighted by atomic mass is 79.9. The Morgan fingerprint density at radius 3 is 2.59 bits per heavy atom. The summed E-state index contributed by atoms with van der Waals surface area (Å²) in [7, 11) is 0. The van der Waals surface area contributed by atoms with Crippen LogP contribution in [0.25, 0.3) is 0 Å². The van der Waals surface area contributed by atoms with Gasteiger partial charge in [-0.1, -0.05) is 15.9 Å². The van der Waals surface area contributed by atoms with Gasteiger partial charge in [-0.2, -0.15) is 0 Å². The lowest BCUT2D eigenvalue weighted by atomic mass is 10.3. The minimum atomic E-state index is 0.0304. The predicted octanol–water partition coefficient (Wildman–Crippen LogP) is 1.27. The van der Waals surface area contributed by atoms with E-state index in [1.54, 1.807) is 4.90 Å². The maximum Gasteiger partial charge on any atom is 0.260 e. The second-order valence-electron chi connectivity index (χ2n) is 3.79. The molecule has 1 aromatic rings. The molecule has 1 fully saturated rings. The van der Waals surface area contributed by atoms with Gasteiger partial charge in [0.25, 0.3) is 5.91 Å². The van der Waals surface area contributed by atoms with Crippen LogP contribution in [0, 0.1) is 0 Å². The summed E-state index contributed by atoms with van der Waals surface area (Å²) in [5, 5.41) is 4.20. The molecule has 1 aliphatic heterocycles. The minimum Gasteiger partial charge on any atom is -0.484 e. The number of carbonyl (C=O) groups excluding carboxylic acids is 1. The molecule has 1 aromatic carbocycles. The molecule has 5 heteroatoms. The van der Waals surface area contributed by atoms with E-state index in [0.717, 1.165) is 17.6 Å². The molecule has 0 aliphatic carbocycles. The van der Waals surface area contributed by atoms with Gasteiger partial charge in [0.15, 0.2) is 6.61 Å². The minimum absolute atomic E-state index is 0.0304. The molecule has 91 valence electrons. The van der Waals surface area contributed by atoms with Crippen molar-refractivity contribution in [3.63, 3.8) is 0 Å². The zero-order valence-corrected chi connectivity index (χ0v) is 11.0. The van der Waals surface area contributed by atoms with E-state index in [-0.39, 0.29) is 12.5 Å². The molecule has 2 rings (SSSR count). The first-order valence-electron chi connectivity index (χ1n) is 5.55. The number of hydrogen-bond donors (Lipinski definition) is 0. The molecule has 1 aliphatic rings. The Morgan fingerprint density at radius 2 is 1.94 bits per heavy atom. The van der Waals surface area contributed by atoms with Gasteiger partial charge in [0.05, 0.1) is 0 Å². The maximum absolute atomic E-state index is 11.8. The van der Waals surface area contributed by atoms with Crippen molar-refractivity contribution in [2.75, 3.05) is 32.8 Å². The molecule has 0 spiro atoms. The number of piperazine rings is 1. The smallest absolute Gasteiger partial charge is 0.260 e. The van der Waals surface area contributed by atoms with E-state index in [2.05, 4.69) is 21.2 Å². The highest BCUT2D eigenvalue weighted by Gasteiger charge is 2.16. The monoisotopic (exact) mass is 297 g/mol. The first kappa shape index (κ1) is 12.4. The molecule has 0 N–H and O–H groups in total. The molecule has 0 bridgehead atoms. The number of halogens is 1. The summed E-state index contributed by atoms with van der Waals surface area (Å²) >= 11 is 3.35. The third-order valence-electron chi connectivity index (χ3n) is 2.58. The third-order valence-corrected chi connectivity index (χ3v) is 3.11. The highest BCUT2D eigenvalue weighted by Crippen LogP contribution is 2.16. The molecular formula is C12H14BrN2O2. The zero-order chi connectivity index (χ0) is 12.1. The SMILES string of the molecule is O=C(COc1ccc(Br)cc1)N1CC[N]CC1. The molecule has 0 atom stereocenters. The molecule has 1 radical (unpaired) electrons. The Morgan fingerprint density at radius 1 is 1.29 bits per heavy atom. The van der Waals surface area contributed by atoms with Crippen molar-refractivity contribution in [3.05, 3.63) is 28.7 Å². The normalized spacial score (nSPS) is 15.7. The van der Waals surface area contributed by atoms with Gasteiger partial charge in [0.2, 0.25) is 0 Å². The summed E-state index contributed by atoms with van der Waals surface area (Å²) < 4.78 is 6.43. The molecule has 0 aromatic heterocycles. The van der Waals surface area contributed by atoms with Crippen LogP contribution in [-0.2, 0) is 4.79 Å². The Kier molecular flexibility index (Phi) is 4.39. The van der Waals surface area contributed by atoms with Crippen LogP contribution in [0.1, 0.15) is 0 Å². The highest BCUT2D eigenvalue weighted by molar-refractivity contribution is 9.10. The van der Waals surface area contributed by atoms with Crippen molar-refractivity contribution in [2.45, 2.75) is 0 Å². The molecule has 0 unspecified atom stereocenters. The summed E-state index contributed by atoms with van der Waals surface area (Å²) in [5.41, 5.74) is 0. The molecule has 4 nitrogen and oxygen atoms in total. The second kappa shape index (κ2) is 6.02. The largest absolute Gasteiger partial charge is 0.484 e. The lowest BCUT2D eigenvalue weighted by molar-refractivity contribution is -0.133. The molecular weight excluding hydrogens is 284 g/mol. The van der Waals surface area contributed by atoms with Crippen molar-refractivity contribution < 1.29 is 9.53 Å². The number of carbonyl (C=O) groups is 1. The van der Waals surface area contributed by atoms with Crippen LogP contribution >= 0.6 is 15.9 Å². The molecule has 1 amide bonds. The van der Waals surface area contributed by atoms with Crippen molar-refractivity contribution in [2.24, 2.45) is 0 Å². The number of hydrogen-bond acceptors (Lipinski definition) is 2. The fourth-order valence-corrected chi connectivity index (χ4v) is 1.89. The van der Waals surface area contributed by atoms with Crippen LogP contribution in [-0.4, -0.2) is 43.6 Å². The Labute approximate surface area is 109 Å². The third kappa shape index (κ3) is 3.71. The van der Waals surface area contributed by atoms with E-state index in [9.17, 15) is 4.79 Å². The summed E-state index contributed by atoms with van der Waals surface area (Å²) in [6.07, 6.45) is 0. The first-order chi connectivity index (χ1) is 8.25. The lowest BCUT2D eigenvalue weighted by Gasteiger charge is -2.26. The first-order valence-corrected chi connectivity index (χ1v) is 6.34. The van der Waals surface area contributed by atoms with Crippen LogP contribution in [0.15, 0.2) is 28.7 Å². The van der Waals surface area contributed by atoms with E-state index in [0.29, 0.717) is 18.8 Å². The topological polar surface area (TPSA) is 43.6 Å². The average molecular weight is 298 g/mol. The Hall–Kier alpha value is -1.07. The summed E-state index contributed by atoms with van der Waals surface area (Å²) in [6.45, 7) is 3.00. The van der Waals surface area contributed by atoms with Gasteiger partial charge in [-0.05, 0) is 24.3 Å². The standard InChI is InChI=1S/C12H14BrN2O2/c13-10-1-3-11(4-2-10)17-9-12(16)15-7-5-14-6-8-15/h1-4H,5-9H2. The Bertz CT molecular complexity index is 375. The van der Waals surface area contributed by atoms with Gasteiger partial charge in [-0.15, -0.1) is 0 Å². The summed E-state index contributed by atoms with van der Waals surface area (Å²) in [5.74, 6) is 0.742. The van der Waals surface area contributed by atoms with Gasteiger partial charge < -0.3 is 9.64 Å². The second-order valence-corrected chi connectivity index (χ2v) is 4.71. The fourth-order valence-electron chi connectivity index (χ4n) is 1.62. The molecule has 0 saturated carbocycles. The van der Waals surface area contributed by atoms with Crippen LogP contribution in [0.4, 0.5) is 0 Å². The fraction of sp³-hybridized carbons (Fsp3) is 0.417. The predicted molar refractivity (Wildman–Crippen MR) is 68.1 cm³/mol. The van der Waals surface area contributed by atoms with E-state index in [1.807, 2.05) is 24.3 Å². The van der Waals surface area contributed by atoms with Crippen molar-refractivity contribution in [1.29, 1.82) is 0 Å². The van der Waals surface area contributed by atoms with E-state index >= 15 is 0 Å². The average Bonchev–Trinajstić information content (AvgIpc) is 2.39. The maximum atomic E-state index is 11.8. The van der Waals surface area contributed by atoms with Crippen LogP contribution < -0.4 is 10.1 Å². The van der Waals surface area contributed by atoms with E-state index < -0.39 is 0 Å². The van der Waals surface area contributed by atoms with Gasteiger partial charge >= 0.3 is 0 Å². The van der Waals surface area contributed by atoms with Crippen molar-refractivity contribution in [3.8, 4) is 5.75 Å². The number of rotatable bonds is 3. The van der Waals surface area contributed by atoms with Crippen molar-refractivity contribution >= 4 is 21.8 Å². The number of amides is 1. The van der Waals surface area contributed by atoms with Gasteiger partial charge in [0, 0.05) is 30.7 Å². The molecule has 17 heavy (non-hydrogen) atoms. The Balaban J connectivity index is 1.81. The van der Waals surface area contributed by atoms with Gasteiger partial charge in [-0.3, -0.25) is 4.79 Å². The van der Waals surface area contributed by atoms with Crippen LogP contribution in [0.2, 0.25) is 0 Å². The van der Waals surface area contributed by atoms with Crippen molar-refractivity contribution in [1.82, 2.24) is 10.2 Å². The van der Waals surface area contributed by atoms with Crippen LogP contribution in [0.3, 0.4) is 0 Å². The van der Waals surface area contributed by atoms with Crippen LogP contribution in [0.5, 0.6) is 5.75 Å². The number of benzene rings is 1. The molecule has 1 saturated heterocycles. The molecule has 1 heterocycles. The van der Waals surface area contributed by atoms with E-state index in [1.165, 1.54) is 0 Å². The number of ether oxygens (including phenoxy) is 1. The quantitative estimate of drug-likeness (QED) is 0.843. The van der Waals surface area contributed by atoms with Gasteiger partial charge in [0.1, 0.15) is 5.75 Å². The lowest BCUT2D eigenvalue weighted by Crippen LogP contribution is -2.45. The zero-order valence-electron chi connectivity index (χ0n) is 9.43. The van der Waals surface area contributed by atoms with E-state index in [4.69, 9.17) is 4.74 Å². The van der Waals surface area contributed by atoms with Gasteiger partial charge in [-0.25, -0.2) is 5.32 Å².